The first-order chi connectivity index (χ1) is 16.7. The summed E-state index contributed by atoms with van der Waals surface area (Å²) in [6.45, 7) is 4.62. The maximum absolute atomic E-state index is 14.6. The number of imidazole rings is 1. The van der Waals surface area contributed by atoms with Crippen LogP contribution in [-0.2, 0) is 21.9 Å². The molecule has 9 heteroatoms. The average molecular weight is 499 g/mol. The number of aryl methyl sites for hydroxylation is 1. The first-order valence-corrected chi connectivity index (χ1v) is 13.2. The molecular formula is C26H31FN4O3S. The Morgan fingerprint density at radius 1 is 1.09 bits per heavy atom. The summed E-state index contributed by atoms with van der Waals surface area (Å²) in [7, 11) is -1.84. The van der Waals surface area contributed by atoms with E-state index < -0.39 is 21.9 Å². The summed E-state index contributed by atoms with van der Waals surface area (Å²) in [5.74, 6) is -0.197. The van der Waals surface area contributed by atoms with E-state index in [1.54, 1.807) is 54.3 Å². The van der Waals surface area contributed by atoms with Crippen LogP contribution in [0, 0.1) is 11.7 Å². The predicted octanol–water partition coefficient (Wildman–Crippen LogP) is 3.99. The molecule has 1 fully saturated rings. The van der Waals surface area contributed by atoms with Gasteiger partial charge in [0, 0.05) is 44.0 Å². The smallest absolute Gasteiger partial charge is 0.243 e. The Morgan fingerprint density at radius 3 is 2.31 bits per heavy atom. The van der Waals surface area contributed by atoms with E-state index in [1.807, 2.05) is 12.1 Å². The van der Waals surface area contributed by atoms with Gasteiger partial charge in [0.2, 0.25) is 15.9 Å². The van der Waals surface area contributed by atoms with Gasteiger partial charge < -0.3 is 9.88 Å². The standard InChI is InChI=1S/C26H31FN4O3S/c1-18(2)19-8-10-21(11-9-19)35(33,34)31-15-12-20(13-16-31)26(32)29-24(25-28-14-17-30(25)3)22-6-4-5-7-23(22)27/h4-11,14,17-18,20,24H,12-13,15-16H2,1-3H3,(H,29,32)/t24-/m0/s1. The topological polar surface area (TPSA) is 84.3 Å². The molecule has 0 aliphatic carbocycles. The van der Waals surface area contributed by atoms with Gasteiger partial charge in [-0.1, -0.05) is 44.2 Å². The van der Waals surface area contributed by atoms with Crippen LogP contribution < -0.4 is 5.32 Å². The fraction of sp³-hybridized carbons (Fsp3) is 0.385. The van der Waals surface area contributed by atoms with E-state index in [4.69, 9.17) is 0 Å². The van der Waals surface area contributed by atoms with Gasteiger partial charge in [0.15, 0.2) is 0 Å². The van der Waals surface area contributed by atoms with Crippen LogP contribution in [0.15, 0.2) is 65.8 Å². The minimum absolute atomic E-state index is 0.236. The Hall–Kier alpha value is -3.04. The third kappa shape index (κ3) is 5.31. The van der Waals surface area contributed by atoms with Crippen LogP contribution in [0.25, 0.3) is 0 Å². The van der Waals surface area contributed by atoms with Crippen molar-refractivity contribution in [2.75, 3.05) is 13.1 Å². The number of hydrogen-bond acceptors (Lipinski definition) is 4. The lowest BCUT2D eigenvalue weighted by Crippen LogP contribution is -2.44. The number of carbonyl (C=O) groups is 1. The van der Waals surface area contributed by atoms with Crippen molar-refractivity contribution in [3.8, 4) is 0 Å². The van der Waals surface area contributed by atoms with Crippen molar-refractivity contribution in [1.82, 2.24) is 19.2 Å². The second-order valence-electron chi connectivity index (χ2n) is 9.26. The van der Waals surface area contributed by atoms with Gasteiger partial charge in [-0.15, -0.1) is 0 Å². The molecule has 3 aromatic rings. The molecule has 1 atom stereocenters. The molecule has 1 saturated heterocycles. The lowest BCUT2D eigenvalue weighted by molar-refractivity contribution is -0.126. The van der Waals surface area contributed by atoms with Crippen LogP contribution in [0.1, 0.15) is 55.6 Å². The number of amides is 1. The Balaban J connectivity index is 1.45. The predicted molar refractivity (Wildman–Crippen MR) is 132 cm³/mol. The third-order valence-corrected chi connectivity index (χ3v) is 8.54. The zero-order chi connectivity index (χ0) is 25.2. The Morgan fingerprint density at radius 2 is 1.74 bits per heavy atom. The molecular weight excluding hydrogens is 467 g/mol. The fourth-order valence-electron chi connectivity index (χ4n) is 4.44. The molecule has 1 aromatic heterocycles. The molecule has 1 aliphatic heterocycles. The SMILES string of the molecule is CC(C)c1ccc(S(=O)(=O)N2CCC(C(=O)N[C@@H](c3ccccc3F)c3nccn3C)CC2)cc1. The van der Waals surface area contributed by atoms with Gasteiger partial charge in [0.1, 0.15) is 17.7 Å². The van der Waals surface area contributed by atoms with Crippen molar-refractivity contribution in [2.45, 2.75) is 43.5 Å². The van der Waals surface area contributed by atoms with Gasteiger partial charge in [-0.3, -0.25) is 4.79 Å². The van der Waals surface area contributed by atoms with E-state index in [1.165, 1.54) is 10.4 Å². The van der Waals surface area contributed by atoms with E-state index in [9.17, 15) is 17.6 Å². The summed E-state index contributed by atoms with van der Waals surface area (Å²) in [6.07, 6.45) is 4.12. The van der Waals surface area contributed by atoms with Crippen molar-refractivity contribution in [1.29, 1.82) is 0 Å². The molecule has 1 amide bonds. The van der Waals surface area contributed by atoms with Crippen molar-refractivity contribution in [3.05, 3.63) is 83.7 Å². The number of carbonyl (C=O) groups excluding carboxylic acids is 1. The summed E-state index contributed by atoms with van der Waals surface area (Å²) in [4.78, 5) is 17.8. The lowest BCUT2D eigenvalue weighted by Gasteiger charge is -2.31. The molecule has 7 nitrogen and oxygen atoms in total. The molecule has 0 unspecified atom stereocenters. The highest BCUT2D eigenvalue weighted by atomic mass is 32.2. The van der Waals surface area contributed by atoms with E-state index in [0.29, 0.717) is 30.1 Å². The molecule has 35 heavy (non-hydrogen) atoms. The molecule has 0 bridgehead atoms. The molecule has 186 valence electrons. The first-order valence-electron chi connectivity index (χ1n) is 11.8. The van der Waals surface area contributed by atoms with Crippen molar-refractivity contribution >= 4 is 15.9 Å². The average Bonchev–Trinajstić information content (AvgIpc) is 3.28. The van der Waals surface area contributed by atoms with Crippen LogP contribution in [-0.4, -0.2) is 41.3 Å². The van der Waals surface area contributed by atoms with E-state index >= 15 is 0 Å². The highest BCUT2D eigenvalue weighted by Gasteiger charge is 2.34. The number of benzene rings is 2. The summed E-state index contributed by atoms with van der Waals surface area (Å²) >= 11 is 0. The largest absolute Gasteiger partial charge is 0.342 e. The summed E-state index contributed by atoms with van der Waals surface area (Å²) in [5.41, 5.74) is 1.41. The van der Waals surface area contributed by atoms with Gasteiger partial charge in [-0.05, 0) is 42.5 Å². The van der Waals surface area contributed by atoms with Gasteiger partial charge in [0.05, 0.1) is 4.90 Å². The summed E-state index contributed by atoms with van der Waals surface area (Å²) in [5, 5.41) is 2.96. The highest BCUT2D eigenvalue weighted by molar-refractivity contribution is 7.89. The number of hydrogen-bond donors (Lipinski definition) is 1. The van der Waals surface area contributed by atoms with Crippen LogP contribution in [0.2, 0.25) is 0 Å². The van der Waals surface area contributed by atoms with E-state index in [0.717, 1.165) is 5.56 Å². The van der Waals surface area contributed by atoms with E-state index in [2.05, 4.69) is 24.1 Å². The van der Waals surface area contributed by atoms with Crippen molar-refractivity contribution in [2.24, 2.45) is 13.0 Å². The molecule has 0 saturated carbocycles. The number of nitrogens with zero attached hydrogens (tertiary/aromatic N) is 3. The first kappa shape index (κ1) is 25.1. The molecule has 0 radical (unpaired) electrons. The Bertz CT molecular complexity index is 1280. The molecule has 1 aliphatic rings. The van der Waals surface area contributed by atoms with Gasteiger partial charge in [-0.2, -0.15) is 4.31 Å². The Labute approximate surface area is 206 Å². The number of nitrogens with one attached hydrogen (secondary N) is 1. The maximum atomic E-state index is 14.6. The normalized spacial score (nSPS) is 16.4. The monoisotopic (exact) mass is 498 g/mol. The van der Waals surface area contributed by atoms with Crippen LogP contribution in [0.3, 0.4) is 0 Å². The quantitative estimate of drug-likeness (QED) is 0.534. The molecule has 2 heterocycles. The zero-order valence-electron chi connectivity index (χ0n) is 20.2. The number of aromatic nitrogens is 2. The molecule has 2 aromatic carbocycles. The lowest BCUT2D eigenvalue weighted by atomic mass is 9.96. The fourth-order valence-corrected chi connectivity index (χ4v) is 5.91. The van der Waals surface area contributed by atoms with Gasteiger partial charge in [-0.25, -0.2) is 17.8 Å². The minimum Gasteiger partial charge on any atom is -0.342 e. The number of piperidine rings is 1. The summed E-state index contributed by atoms with van der Waals surface area (Å²) < 4.78 is 44.0. The zero-order valence-corrected chi connectivity index (χ0v) is 21.0. The van der Waals surface area contributed by atoms with Gasteiger partial charge in [0.25, 0.3) is 0 Å². The minimum atomic E-state index is -3.63. The highest BCUT2D eigenvalue weighted by Crippen LogP contribution is 2.28. The van der Waals surface area contributed by atoms with Crippen molar-refractivity contribution < 1.29 is 17.6 Å². The second-order valence-corrected chi connectivity index (χ2v) is 11.2. The summed E-state index contributed by atoms with van der Waals surface area (Å²) in [6, 6.07) is 12.6. The number of rotatable bonds is 7. The Kier molecular flexibility index (Phi) is 7.37. The van der Waals surface area contributed by atoms with E-state index in [-0.39, 0.29) is 29.8 Å². The maximum Gasteiger partial charge on any atom is 0.243 e. The van der Waals surface area contributed by atoms with Gasteiger partial charge >= 0.3 is 0 Å². The molecule has 4 rings (SSSR count). The second kappa shape index (κ2) is 10.3. The molecule has 0 spiro atoms. The number of sulfonamides is 1. The number of halogens is 1. The van der Waals surface area contributed by atoms with Crippen LogP contribution in [0.5, 0.6) is 0 Å². The molecule has 1 N–H and O–H groups in total. The van der Waals surface area contributed by atoms with Crippen molar-refractivity contribution in [3.63, 3.8) is 0 Å². The third-order valence-electron chi connectivity index (χ3n) is 6.63. The van der Waals surface area contributed by atoms with Crippen LogP contribution in [0.4, 0.5) is 4.39 Å². The van der Waals surface area contributed by atoms with Crippen LogP contribution >= 0.6 is 0 Å².